The number of benzene rings is 2. The summed E-state index contributed by atoms with van der Waals surface area (Å²) in [4.78, 5) is 12.2. The lowest BCUT2D eigenvalue weighted by atomic mass is 10.2. The minimum Gasteiger partial charge on any atom is -0.507 e. The summed E-state index contributed by atoms with van der Waals surface area (Å²) in [5, 5.41) is 22.8. The van der Waals surface area contributed by atoms with Crippen LogP contribution in [0.2, 0.25) is 0 Å². The summed E-state index contributed by atoms with van der Waals surface area (Å²) in [7, 11) is 0. The normalized spacial score (nSPS) is 11.0. The van der Waals surface area contributed by atoms with Crippen LogP contribution in [0.3, 0.4) is 0 Å². The number of hydrogen-bond acceptors (Lipinski definition) is 6. The van der Waals surface area contributed by atoms with Gasteiger partial charge >= 0.3 is 0 Å². The van der Waals surface area contributed by atoms with E-state index in [0.717, 1.165) is 15.6 Å². The smallest absolute Gasteiger partial charge is 0.250 e. The highest BCUT2D eigenvalue weighted by atomic mass is 79.9. The van der Waals surface area contributed by atoms with Gasteiger partial charge in [0.25, 0.3) is 5.91 Å². The van der Waals surface area contributed by atoms with E-state index in [1.54, 1.807) is 24.3 Å². The largest absolute Gasteiger partial charge is 0.507 e. The zero-order chi connectivity index (χ0) is 21.5. The van der Waals surface area contributed by atoms with Crippen molar-refractivity contribution in [2.24, 2.45) is 5.10 Å². The number of halogens is 1. The van der Waals surface area contributed by atoms with Crippen molar-refractivity contribution in [3.63, 3.8) is 0 Å². The van der Waals surface area contributed by atoms with E-state index in [9.17, 15) is 9.90 Å². The summed E-state index contributed by atoms with van der Waals surface area (Å²) in [6, 6.07) is 14.5. The van der Waals surface area contributed by atoms with E-state index in [4.69, 9.17) is 0 Å². The van der Waals surface area contributed by atoms with E-state index >= 15 is 0 Å². The molecule has 3 aromatic rings. The van der Waals surface area contributed by atoms with Crippen LogP contribution >= 0.6 is 27.7 Å². The van der Waals surface area contributed by atoms with Crippen molar-refractivity contribution in [1.82, 2.24) is 20.2 Å². The number of thioether (sulfide) groups is 1. The number of nitrogens with zero attached hydrogens (tertiary/aromatic N) is 4. The molecule has 0 atom stereocenters. The Kier molecular flexibility index (Phi) is 7.42. The number of hydrazone groups is 1. The van der Waals surface area contributed by atoms with Crippen molar-refractivity contribution in [2.45, 2.75) is 18.6 Å². The standard InChI is InChI=1S/C21H20BrN5O2S/c1-14(2)12-27-20(15-7-9-17(22)10-8-15)25-26-21(27)30-13-19(29)24-23-11-16-5-3-4-6-18(16)28/h3-11,28H,1,12-13H2,2H3,(H,24,29)/b23-11-. The Morgan fingerprint density at radius 3 is 2.70 bits per heavy atom. The number of carbonyl (C=O) groups excluding carboxylic acids is 1. The predicted octanol–water partition coefficient (Wildman–Crippen LogP) is 4.23. The summed E-state index contributed by atoms with van der Waals surface area (Å²) in [5.74, 6) is 0.637. The Morgan fingerprint density at radius 1 is 1.27 bits per heavy atom. The molecule has 9 heteroatoms. The number of para-hydroxylation sites is 1. The molecule has 3 rings (SSSR count). The Bertz CT molecular complexity index is 1080. The molecule has 0 radical (unpaired) electrons. The SMILES string of the molecule is C=C(C)Cn1c(SCC(=O)N/N=C\c2ccccc2O)nnc1-c1ccc(Br)cc1. The first-order chi connectivity index (χ1) is 14.4. The molecule has 0 bridgehead atoms. The minimum absolute atomic E-state index is 0.0956. The third kappa shape index (κ3) is 5.80. The zero-order valence-electron chi connectivity index (χ0n) is 16.2. The topological polar surface area (TPSA) is 92.4 Å². The lowest BCUT2D eigenvalue weighted by Crippen LogP contribution is -2.20. The molecule has 0 aliphatic heterocycles. The van der Waals surface area contributed by atoms with Crippen molar-refractivity contribution < 1.29 is 9.90 Å². The maximum absolute atomic E-state index is 12.2. The van der Waals surface area contributed by atoms with Gasteiger partial charge in [-0.1, -0.05) is 64.1 Å². The van der Waals surface area contributed by atoms with Gasteiger partial charge in [-0.3, -0.25) is 9.36 Å². The Hall–Kier alpha value is -2.91. The quantitative estimate of drug-likeness (QED) is 0.215. The van der Waals surface area contributed by atoms with Gasteiger partial charge in [0.1, 0.15) is 5.75 Å². The van der Waals surface area contributed by atoms with Crippen LogP contribution in [0.5, 0.6) is 5.75 Å². The molecule has 0 unspecified atom stereocenters. The van der Waals surface area contributed by atoms with Gasteiger partial charge in [0, 0.05) is 22.1 Å². The molecule has 1 aromatic heterocycles. The van der Waals surface area contributed by atoms with Crippen LogP contribution in [0, 0.1) is 0 Å². The Balaban J connectivity index is 1.67. The molecule has 30 heavy (non-hydrogen) atoms. The summed E-state index contributed by atoms with van der Waals surface area (Å²) < 4.78 is 2.92. The van der Waals surface area contributed by atoms with Gasteiger partial charge in [0.05, 0.1) is 12.0 Å². The lowest BCUT2D eigenvalue weighted by Gasteiger charge is -2.10. The molecule has 0 aliphatic carbocycles. The van der Waals surface area contributed by atoms with Crippen molar-refractivity contribution in [3.05, 3.63) is 70.7 Å². The van der Waals surface area contributed by atoms with Crippen molar-refractivity contribution in [1.29, 1.82) is 0 Å². The Labute approximate surface area is 187 Å². The van der Waals surface area contributed by atoms with E-state index in [1.807, 2.05) is 35.8 Å². The van der Waals surface area contributed by atoms with E-state index in [0.29, 0.717) is 23.1 Å². The lowest BCUT2D eigenvalue weighted by molar-refractivity contribution is -0.118. The van der Waals surface area contributed by atoms with Crippen LogP contribution in [0.1, 0.15) is 12.5 Å². The van der Waals surface area contributed by atoms with E-state index in [1.165, 1.54) is 18.0 Å². The monoisotopic (exact) mass is 485 g/mol. The number of carbonyl (C=O) groups is 1. The van der Waals surface area contributed by atoms with E-state index in [2.05, 4.69) is 43.2 Å². The van der Waals surface area contributed by atoms with Gasteiger partial charge in [-0.25, -0.2) is 5.43 Å². The van der Waals surface area contributed by atoms with Crippen LogP contribution in [-0.2, 0) is 11.3 Å². The molecular formula is C21H20BrN5O2S. The molecule has 2 aromatic carbocycles. The third-order valence-electron chi connectivity index (χ3n) is 3.91. The summed E-state index contributed by atoms with van der Waals surface area (Å²) >= 11 is 4.70. The number of nitrogens with one attached hydrogen (secondary N) is 1. The molecule has 1 heterocycles. The first-order valence-corrected chi connectivity index (χ1v) is 10.8. The fourth-order valence-corrected chi connectivity index (χ4v) is 3.55. The van der Waals surface area contributed by atoms with Gasteiger partial charge < -0.3 is 5.11 Å². The number of aromatic hydroxyl groups is 1. The van der Waals surface area contributed by atoms with Gasteiger partial charge in [0.15, 0.2) is 11.0 Å². The van der Waals surface area contributed by atoms with E-state index < -0.39 is 0 Å². The van der Waals surface area contributed by atoms with Gasteiger partial charge in [0.2, 0.25) is 0 Å². The number of phenols is 1. The molecule has 0 aliphatic rings. The average molecular weight is 486 g/mol. The highest BCUT2D eigenvalue weighted by Crippen LogP contribution is 2.26. The third-order valence-corrected chi connectivity index (χ3v) is 5.40. The number of aromatic nitrogens is 3. The average Bonchev–Trinajstić information content (AvgIpc) is 3.10. The fraction of sp³-hybridized carbons (Fsp3) is 0.143. The van der Waals surface area contributed by atoms with Crippen molar-refractivity contribution >= 4 is 39.8 Å². The van der Waals surface area contributed by atoms with Crippen LogP contribution in [0.4, 0.5) is 0 Å². The van der Waals surface area contributed by atoms with Gasteiger partial charge in [-0.2, -0.15) is 5.10 Å². The minimum atomic E-state index is -0.290. The molecule has 0 saturated carbocycles. The van der Waals surface area contributed by atoms with Crippen LogP contribution < -0.4 is 5.43 Å². The van der Waals surface area contributed by atoms with Gasteiger partial charge in [-0.15, -0.1) is 10.2 Å². The van der Waals surface area contributed by atoms with Gasteiger partial charge in [-0.05, 0) is 31.2 Å². The van der Waals surface area contributed by atoms with Crippen LogP contribution in [0.15, 0.2) is 75.4 Å². The molecule has 0 fully saturated rings. The number of amides is 1. The number of hydrogen-bond donors (Lipinski definition) is 2. The fourth-order valence-electron chi connectivity index (χ4n) is 2.55. The second-order valence-corrected chi connectivity index (χ2v) is 8.36. The molecule has 0 spiro atoms. The van der Waals surface area contributed by atoms with E-state index in [-0.39, 0.29) is 17.4 Å². The molecule has 154 valence electrons. The predicted molar refractivity (Wildman–Crippen MR) is 123 cm³/mol. The molecule has 0 saturated heterocycles. The van der Waals surface area contributed by atoms with Crippen LogP contribution in [-0.4, -0.2) is 37.7 Å². The molecular weight excluding hydrogens is 466 g/mol. The second kappa shape index (κ2) is 10.2. The van der Waals surface area contributed by atoms with Crippen molar-refractivity contribution in [3.8, 4) is 17.1 Å². The first-order valence-electron chi connectivity index (χ1n) is 9.00. The summed E-state index contributed by atoms with van der Waals surface area (Å²) in [5.41, 5.74) is 4.85. The number of phenolic OH excluding ortho intramolecular Hbond substituents is 1. The van der Waals surface area contributed by atoms with Crippen molar-refractivity contribution in [2.75, 3.05) is 5.75 Å². The molecule has 7 nitrogen and oxygen atoms in total. The second-order valence-electron chi connectivity index (χ2n) is 6.50. The molecule has 1 amide bonds. The summed E-state index contributed by atoms with van der Waals surface area (Å²) in [6.45, 7) is 6.46. The van der Waals surface area contributed by atoms with Crippen LogP contribution in [0.25, 0.3) is 11.4 Å². The highest BCUT2D eigenvalue weighted by Gasteiger charge is 2.15. The first kappa shape index (κ1) is 21.8. The summed E-state index contributed by atoms with van der Waals surface area (Å²) in [6.07, 6.45) is 1.40. The molecule has 2 N–H and O–H groups in total. The Morgan fingerprint density at radius 2 is 2.00 bits per heavy atom. The zero-order valence-corrected chi connectivity index (χ0v) is 18.7. The maximum Gasteiger partial charge on any atom is 0.250 e. The number of allylic oxidation sites excluding steroid dienone is 1. The highest BCUT2D eigenvalue weighted by molar-refractivity contribution is 9.10. The number of rotatable bonds is 8. The maximum atomic E-state index is 12.2.